The number of aromatic nitrogens is 2. The molecule has 5 nitrogen and oxygen atoms in total. The van der Waals surface area contributed by atoms with Crippen molar-refractivity contribution in [2.24, 2.45) is 5.73 Å². The molecule has 0 amide bonds. The first-order valence-corrected chi connectivity index (χ1v) is 6.19. The van der Waals surface area contributed by atoms with Gasteiger partial charge < -0.3 is 15.2 Å². The van der Waals surface area contributed by atoms with E-state index in [4.69, 9.17) is 10.8 Å². The van der Waals surface area contributed by atoms with Gasteiger partial charge in [0, 0.05) is 24.5 Å². The monoisotopic (exact) mass is 267 g/mol. The summed E-state index contributed by atoms with van der Waals surface area (Å²) in [5.41, 5.74) is 9.43. The molecular formula is C15H13N3O2. The topological polar surface area (TPSA) is 80.6 Å². The van der Waals surface area contributed by atoms with Gasteiger partial charge in [-0.25, -0.2) is 9.78 Å². The highest BCUT2D eigenvalue weighted by Gasteiger charge is 2.07. The first kappa shape index (κ1) is 12.4. The van der Waals surface area contributed by atoms with E-state index in [-0.39, 0.29) is 5.56 Å². The molecule has 2 heterocycles. The highest BCUT2D eigenvalue weighted by atomic mass is 16.4. The highest BCUT2D eigenvalue weighted by Crippen LogP contribution is 2.20. The van der Waals surface area contributed by atoms with Gasteiger partial charge in [0.15, 0.2) is 0 Å². The number of fused-ring (bicyclic) bond motifs is 1. The normalized spacial score (nSPS) is 10.8. The number of aromatic carboxylic acids is 1. The van der Waals surface area contributed by atoms with E-state index < -0.39 is 5.97 Å². The van der Waals surface area contributed by atoms with Crippen molar-refractivity contribution in [2.45, 2.75) is 6.54 Å². The van der Waals surface area contributed by atoms with E-state index in [0.717, 1.165) is 22.5 Å². The lowest BCUT2D eigenvalue weighted by Crippen LogP contribution is -1.97. The lowest BCUT2D eigenvalue weighted by atomic mass is 10.1. The Morgan fingerprint density at radius 1 is 1.15 bits per heavy atom. The third kappa shape index (κ3) is 2.15. The number of pyridine rings is 1. The van der Waals surface area contributed by atoms with Gasteiger partial charge in [0.25, 0.3) is 0 Å². The van der Waals surface area contributed by atoms with Crippen molar-refractivity contribution in [3.8, 4) is 11.3 Å². The maximum Gasteiger partial charge on any atom is 0.335 e. The highest BCUT2D eigenvalue weighted by molar-refractivity contribution is 5.88. The predicted octanol–water partition coefficient (Wildman–Crippen LogP) is 2.16. The minimum absolute atomic E-state index is 0.267. The summed E-state index contributed by atoms with van der Waals surface area (Å²) in [7, 11) is 0. The summed E-state index contributed by atoms with van der Waals surface area (Å²) in [6, 6.07) is 10.5. The Balaban J connectivity index is 2.03. The van der Waals surface area contributed by atoms with Crippen molar-refractivity contribution in [1.29, 1.82) is 0 Å². The standard InChI is InChI=1S/C15H13N3O2/c16-7-10-1-6-14-17-13(9-18(14)8-10)11-2-4-12(5-3-11)15(19)20/h1-6,8-9H,7,16H2,(H,19,20). The second-order valence-corrected chi connectivity index (χ2v) is 4.52. The van der Waals surface area contributed by atoms with Gasteiger partial charge in [0.1, 0.15) is 5.65 Å². The van der Waals surface area contributed by atoms with Gasteiger partial charge in [0.05, 0.1) is 11.3 Å². The van der Waals surface area contributed by atoms with Crippen molar-refractivity contribution in [3.63, 3.8) is 0 Å². The summed E-state index contributed by atoms with van der Waals surface area (Å²) in [5, 5.41) is 8.89. The number of carboxylic acid groups (broad SMARTS) is 1. The van der Waals surface area contributed by atoms with E-state index in [1.165, 1.54) is 0 Å². The second-order valence-electron chi connectivity index (χ2n) is 4.52. The van der Waals surface area contributed by atoms with Crippen molar-refractivity contribution < 1.29 is 9.90 Å². The van der Waals surface area contributed by atoms with Gasteiger partial charge in [0.2, 0.25) is 0 Å². The Labute approximate surface area is 115 Å². The third-order valence-corrected chi connectivity index (χ3v) is 3.18. The van der Waals surface area contributed by atoms with Gasteiger partial charge in [-0.3, -0.25) is 0 Å². The van der Waals surface area contributed by atoms with E-state index in [1.807, 2.05) is 28.9 Å². The van der Waals surface area contributed by atoms with Crippen molar-refractivity contribution in [1.82, 2.24) is 9.38 Å². The second kappa shape index (κ2) is 4.79. The number of carboxylic acids is 1. The summed E-state index contributed by atoms with van der Waals surface area (Å²) < 4.78 is 1.92. The van der Waals surface area contributed by atoms with Gasteiger partial charge in [-0.15, -0.1) is 0 Å². The van der Waals surface area contributed by atoms with Crippen LogP contribution in [0.3, 0.4) is 0 Å². The van der Waals surface area contributed by atoms with Crippen molar-refractivity contribution in [3.05, 3.63) is 59.9 Å². The maximum atomic E-state index is 10.8. The lowest BCUT2D eigenvalue weighted by Gasteiger charge is -1.97. The number of hydrogen-bond donors (Lipinski definition) is 2. The summed E-state index contributed by atoms with van der Waals surface area (Å²) in [5.74, 6) is -0.931. The largest absolute Gasteiger partial charge is 0.478 e. The zero-order valence-corrected chi connectivity index (χ0v) is 10.7. The van der Waals surface area contributed by atoms with Crippen molar-refractivity contribution >= 4 is 11.6 Å². The van der Waals surface area contributed by atoms with Crippen LogP contribution in [-0.4, -0.2) is 20.5 Å². The Morgan fingerprint density at radius 2 is 1.90 bits per heavy atom. The lowest BCUT2D eigenvalue weighted by molar-refractivity contribution is 0.0697. The molecule has 0 radical (unpaired) electrons. The van der Waals surface area contributed by atoms with E-state index in [1.54, 1.807) is 24.3 Å². The quantitative estimate of drug-likeness (QED) is 0.762. The average Bonchev–Trinajstić information content (AvgIpc) is 2.90. The number of nitrogens with zero attached hydrogens (tertiary/aromatic N) is 2. The fraction of sp³-hybridized carbons (Fsp3) is 0.0667. The molecule has 2 aromatic heterocycles. The molecule has 100 valence electrons. The Morgan fingerprint density at radius 3 is 2.55 bits per heavy atom. The zero-order valence-electron chi connectivity index (χ0n) is 10.7. The molecule has 20 heavy (non-hydrogen) atoms. The predicted molar refractivity (Wildman–Crippen MR) is 75.5 cm³/mol. The summed E-state index contributed by atoms with van der Waals surface area (Å²) in [4.78, 5) is 15.3. The smallest absolute Gasteiger partial charge is 0.335 e. The molecule has 0 saturated heterocycles. The van der Waals surface area contributed by atoms with E-state index in [0.29, 0.717) is 6.54 Å². The Hall–Kier alpha value is -2.66. The van der Waals surface area contributed by atoms with Gasteiger partial charge in [-0.05, 0) is 23.8 Å². The van der Waals surface area contributed by atoms with Crippen LogP contribution >= 0.6 is 0 Å². The maximum absolute atomic E-state index is 10.8. The van der Waals surface area contributed by atoms with E-state index in [2.05, 4.69) is 4.98 Å². The SMILES string of the molecule is NCc1ccc2nc(-c3ccc(C(=O)O)cc3)cn2c1. The molecule has 0 aliphatic heterocycles. The minimum Gasteiger partial charge on any atom is -0.478 e. The molecule has 0 spiro atoms. The molecule has 0 aliphatic rings. The zero-order chi connectivity index (χ0) is 14.1. The molecule has 3 aromatic rings. The van der Waals surface area contributed by atoms with Gasteiger partial charge in [-0.2, -0.15) is 0 Å². The molecule has 1 aromatic carbocycles. The molecule has 0 bridgehead atoms. The Bertz CT molecular complexity index is 775. The first-order valence-electron chi connectivity index (χ1n) is 6.19. The van der Waals surface area contributed by atoms with E-state index in [9.17, 15) is 4.79 Å². The molecule has 0 aliphatic carbocycles. The van der Waals surface area contributed by atoms with Crippen LogP contribution in [-0.2, 0) is 6.54 Å². The third-order valence-electron chi connectivity index (χ3n) is 3.18. The molecule has 3 rings (SSSR count). The molecular weight excluding hydrogens is 254 g/mol. The van der Waals surface area contributed by atoms with Crippen molar-refractivity contribution in [2.75, 3.05) is 0 Å². The molecule has 5 heteroatoms. The fourth-order valence-electron chi connectivity index (χ4n) is 2.08. The number of imidazole rings is 1. The van der Waals surface area contributed by atoms with Crippen LogP contribution in [0, 0.1) is 0 Å². The molecule has 3 N–H and O–H groups in total. The molecule has 0 saturated carbocycles. The van der Waals surface area contributed by atoms with Crippen LogP contribution < -0.4 is 5.73 Å². The summed E-state index contributed by atoms with van der Waals surface area (Å²) >= 11 is 0. The molecule has 0 atom stereocenters. The van der Waals surface area contributed by atoms with E-state index >= 15 is 0 Å². The summed E-state index contributed by atoms with van der Waals surface area (Å²) in [6.07, 6.45) is 3.85. The summed E-state index contributed by atoms with van der Waals surface area (Å²) in [6.45, 7) is 0.483. The van der Waals surface area contributed by atoms with Crippen LogP contribution in [0.5, 0.6) is 0 Å². The van der Waals surface area contributed by atoms with Gasteiger partial charge >= 0.3 is 5.97 Å². The first-order chi connectivity index (χ1) is 9.67. The fourth-order valence-corrected chi connectivity index (χ4v) is 2.08. The Kier molecular flexibility index (Phi) is 2.96. The van der Waals surface area contributed by atoms with Gasteiger partial charge in [-0.1, -0.05) is 18.2 Å². The van der Waals surface area contributed by atoms with Crippen LogP contribution in [0.1, 0.15) is 15.9 Å². The number of benzene rings is 1. The van der Waals surface area contributed by atoms with Crippen LogP contribution in [0.2, 0.25) is 0 Å². The molecule has 0 unspecified atom stereocenters. The van der Waals surface area contributed by atoms with Crippen LogP contribution in [0.4, 0.5) is 0 Å². The number of carbonyl (C=O) groups is 1. The number of hydrogen-bond acceptors (Lipinski definition) is 3. The number of nitrogens with two attached hydrogens (primary N) is 1. The molecule has 0 fully saturated rings. The minimum atomic E-state index is -0.931. The number of rotatable bonds is 3. The van der Waals surface area contributed by atoms with Crippen LogP contribution in [0.25, 0.3) is 16.9 Å². The van der Waals surface area contributed by atoms with Crippen LogP contribution in [0.15, 0.2) is 48.8 Å². The average molecular weight is 267 g/mol.